The first-order chi connectivity index (χ1) is 15.9. The lowest BCUT2D eigenvalue weighted by Crippen LogP contribution is -2.65. The molecule has 1 aliphatic heterocycles. The van der Waals surface area contributed by atoms with Crippen LogP contribution >= 0.6 is 0 Å². The molecule has 2 amide bonds. The monoisotopic (exact) mass is 452 g/mol. The largest absolute Gasteiger partial charge is 0.464 e. The fraction of sp³-hybridized carbons (Fsp3) is 0.520. The van der Waals surface area contributed by atoms with Crippen LogP contribution in [0.1, 0.15) is 78.9 Å². The number of carbonyl (C=O) groups is 3. The van der Waals surface area contributed by atoms with Crippen LogP contribution in [0.3, 0.4) is 0 Å². The fourth-order valence-electron chi connectivity index (χ4n) is 4.93. The van der Waals surface area contributed by atoms with Crippen molar-refractivity contribution in [2.24, 2.45) is 0 Å². The van der Waals surface area contributed by atoms with Gasteiger partial charge in [0.1, 0.15) is 11.2 Å². The summed E-state index contributed by atoms with van der Waals surface area (Å²) in [5.74, 6) is -1.31. The van der Waals surface area contributed by atoms with Gasteiger partial charge in [-0.15, -0.1) is 0 Å². The lowest BCUT2D eigenvalue weighted by molar-refractivity contribution is -0.127. The maximum atomic E-state index is 13.8. The Balaban J connectivity index is 1.75. The smallest absolute Gasteiger partial charge is 0.359 e. The Morgan fingerprint density at radius 3 is 2.42 bits per heavy atom. The summed E-state index contributed by atoms with van der Waals surface area (Å²) in [4.78, 5) is 45.5. The molecule has 8 heteroatoms. The van der Waals surface area contributed by atoms with Crippen molar-refractivity contribution in [3.63, 3.8) is 0 Å². The van der Waals surface area contributed by atoms with E-state index >= 15 is 0 Å². The standard InChI is InChI=1S/C25H32N4O4/c1-4-17-11-13-19(14-12-17)29-22(30)21-20(23(31)33-3)26-16-28(21)15-25(29,2)24(32)27-18-9-7-5-6-8-10-18/h11-14,16,18H,4-10,15H2,1-3H3,(H,27,32)/t25-/m1/s1. The zero-order chi connectivity index (χ0) is 23.6. The summed E-state index contributed by atoms with van der Waals surface area (Å²) >= 11 is 0. The third-order valence-electron chi connectivity index (χ3n) is 6.88. The number of methoxy groups -OCH3 is 1. The number of benzene rings is 1. The highest BCUT2D eigenvalue weighted by Gasteiger charge is 2.50. The number of fused-ring (bicyclic) bond motifs is 1. The number of nitrogens with one attached hydrogen (secondary N) is 1. The van der Waals surface area contributed by atoms with Crippen molar-refractivity contribution in [1.82, 2.24) is 14.9 Å². The first kappa shape index (κ1) is 23.0. The zero-order valence-corrected chi connectivity index (χ0v) is 19.6. The highest BCUT2D eigenvalue weighted by atomic mass is 16.5. The third kappa shape index (κ3) is 4.26. The first-order valence-corrected chi connectivity index (χ1v) is 11.8. The van der Waals surface area contributed by atoms with Crippen LogP contribution in [0.25, 0.3) is 0 Å². The van der Waals surface area contributed by atoms with Crippen LogP contribution in [0.5, 0.6) is 0 Å². The Hall–Kier alpha value is -3.16. The number of hydrogen-bond acceptors (Lipinski definition) is 5. The molecule has 2 heterocycles. The average molecular weight is 453 g/mol. The number of aryl methyl sites for hydroxylation is 1. The molecular weight excluding hydrogens is 420 g/mol. The molecule has 4 rings (SSSR count). The van der Waals surface area contributed by atoms with Crippen LogP contribution in [0.2, 0.25) is 0 Å². The van der Waals surface area contributed by atoms with E-state index in [2.05, 4.69) is 17.2 Å². The lowest BCUT2D eigenvalue weighted by Gasteiger charge is -2.44. The summed E-state index contributed by atoms with van der Waals surface area (Å²) in [7, 11) is 1.26. The number of rotatable bonds is 5. The summed E-state index contributed by atoms with van der Waals surface area (Å²) in [5, 5.41) is 3.23. The minimum absolute atomic E-state index is 0.0381. The fourth-order valence-corrected chi connectivity index (χ4v) is 4.93. The summed E-state index contributed by atoms with van der Waals surface area (Å²) < 4.78 is 6.42. The molecule has 2 aliphatic rings. The van der Waals surface area contributed by atoms with Crippen LogP contribution in [0.4, 0.5) is 5.69 Å². The van der Waals surface area contributed by atoms with E-state index in [-0.39, 0.29) is 29.9 Å². The number of esters is 1. The molecule has 1 atom stereocenters. The van der Waals surface area contributed by atoms with Gasteiger partial charge in [-0.05, 0) is 43.9 Å². The molecule has 0 spiro atoms. The van der Waals surface area contributed by atoms with E-state index in [9.17, 15) is 14.4 Å². The second kappa shape index (κ2) is 9.37. The second-order valence-electron chi connectivity index (χ2n) is 9.16. The van der Waals surface area contributed by atoms with E-state index in [4.69, 9.17) is 4.74 Å². The van der Waals surface area contributed by atoms with Crippen LogP contribution in [0, 0.1) is 0 Å². The molecule has 0 saturated heterocycles. The summed E-state index contributed by atoms with van der Waals surface area (Å²) in [5.41, 5.74) is 0.662. The van der Waals surface area contributed by atoms with Gasteiger partial charge in [-0.25, -0.2) is 9.78 Å². The quantitative estimate of drug-likeness (QED) is 0.554. The molecule has 1 fully saturated rings. The van der Waals surface area contributed by atoms with Gasteiger partial charge in [0.2, 0.25) is 5.91 Å². The maximum Gasteiger partial charge on any atom is 0.359 e. The predicted molar refractivity (Wildman–Crippen MR) is 124 cm³/mol. The SMILES string of the molecule is CCc1ccc(N2C(=O)c3c(C(=O)OC)ncn3C[C@]2(C)C(=O)NC2CCCCCC2)cc1. The zero-order valence-electron chi connectivity index (χ0n) is 19.6. The third-order valence-corrected chi connectivity index (χ3v) is 6.88. The molecule has 1 saturated carbocycles. The predicted octanol–water partition coefficient (Wildman–Crippen LogP) is 3.49. The molecule has 1 aliphatic carbocycles. The number of carbonyl (C=O) groups excluding carboxylic acids is 3. The van der Waals surface area contributed by atoms with Crippen LogP contribution in [-0.4, -0.2) is 46.0 Å². The Kier molecular flexibility index (Phi) is 6.54. The van der Waals surface area contributed by atoms with Crippen molar-refractivity contribution in [3.8, 4) is 0 Å². The Morgan fingerprint density at radius 1 is 1.15 bits per heavy atom. The van der Waals surface area contributed by atoms with Gasteiger partial charge < -0.3 is 14.6 Å². The van der Waals surface area contributed by atoms with Gasteiger partial charge in [0.25, 0.3) is 5.91 Å². The number of anilines is 1. The Labute approximate surface area is 194 Å². The Bertz CT molecular complexity index is 1040. The van der Waals surface area contributed by atoms with Crippen LogP contribution < -0.4 is 10.2 Å². The summed E-state index contributed by atoms with van der Waals surface area (Å²) in [6.45, 7) is 4.03. The van der Waals surface area contributed by atoms with E-state index in [1.165, 1.54) is 31.2 Å². The van der Waals surface area contributed by atoms with Gasteiger partial charge in [-0.1, -0.05) is 44.7 Å². The number of nitrogens with zero attached hydrogens (tertiary/aromatic N) is 3. The van der Waals surface area contributed by atoms with E-state index in [1.807, 2.05) is 24.3 Å². The summed E-state index contributed by atoms with van der Waals surface area (Å²) in [6.07, 6.45) is 8.77. The minimum atomic E-state index is -1.18. The number of imidazole rings is 1. The van der Waals surface area contributed by atoms with Crippen molar-refractivity contribution < 1.29 is 19.1 Å². The molecule has 176 valence electrons. The highest BCUT2D eigenvalue weighted by molar-refractivity contribution is 6.15. The number of amides is 2. The van der Waals surface area contributed by atoms with E-state index in [1.54, 1.807) is 11.5 Å². The van der Waals surface area contributed by atoms with Crippen molar-refractivity contribution in [2.45, 2.75) is 76.9 Å². The Morgan fingerprint density at radius 2 is 1.82 bits per heavy atom. The molecule has 0 radical (unpaired) electrons. The van der Waals surface area contributed by atoms with Gasteiger partial charge in [0.05, 0.1) is 20.0 Å². The molecular formula is C25H32N4O4. The molecule has 0 bridgehead atoms. The maximum absolute atomic E-state index is 13.8. The summed E-state index contributed by atoms with van der Waals surface area (Å²) in [6, 6.07) is 7.74. The van der Waals surface area contributed by atoms with Gasteiger partial charge in [-0.2, -0.15) is 0 Å². The van der Waals surface area contributed by atoms with Crippen LogP contribution in [-0.2, 0) is 22.5 Å². The average Bonchev–Trinajstić information content (AvgIpc) is 3.07. The lowest BCUT2D eigenvalue weighted by atomic mass is 9.92. The molecule has 2 aromatic rings. The van der Waals surface area contributed by atoms with Gasteiger partial charge in [0.15, 0.2) is 5.69 Å². The molecule has 1 aromatic heterocycles. The molecule has 8 nitrogen and oxygen atoms in total. The van der Waals surface area contributed by atoms with Crippen molar-refractivity contribution in [1.29, 1.82) is 0 Å². The normalized spacial score (nSPS) is 21.3. The van der Waals surface area contributed by atoms with Crippen LogP contribution in [0.15, 0.2) is 30.6 Å². The van der Waals surface area contributed by atoms with Gasteiger partial charge in [0, 0.05) is 11.7 Å². The topological polar surface area (TPSA) is 93.5 Å². The van der Waals surface area contributed by atoms with Crippen molar-refractivity contribution in [3.05, 3.63) is 47.5 Å². The first-order valence-electron chi connectivity index (χ1n) is 11.8. The second-order valence-corrected chi connectivity index (χ2v) is 9.16. The number of aromatic nitrogens is 2. The molecule has 1 aromatic carbocycles. The molecule has 0 unspecified atom stereocenters. The van der Waals surface area contributed by atoms with Crippen molar-refractivity contribution in [2.75, 3.05) is 12.0 Å². The number of hydrogen-bond donors (Lipinski definition) is 1. The number of ether oxygens (including phenoxy) is 1. The van der Waals surface area contributed by atoms with E-state index < -0.39 is 17.4 Å². The van der Waals surface area contributed by atoms with Gasteiger partial charge >= 0.3 is 5.97 Å². The van der Waals surface area contributed by atoms with Gasteiger partial charge in [-0.3, -0.25) is 14.5 Å². The molecule has 33 heavy (non-hydrogen) atoms. The van der Waals surface area contributed by atoms with E-state index in [0.29, 0.717) is 5.69 Å². The highest BCUT2D eigenvalue weighted by Crippen LogP contribution is 2.34. The van der Waals surface area contributed by atoms with Crippen molar-refractivity contribution >= 4 is 23.5 Å². The minimum Gasteiger partial charge on any atom is -0.464 e. The molecule has 1 N–H and O–H groups in total. The van der Waals surface area contributed by atoms with E-state index in [0.717, 1.165) is 37.7 Å².